The van der Waals surface area contributed by atoms with Crippen LogP contribution in [-0.4, -0.2) is 37.1 Å². The molecule has 0 aromatic carbocycles. The maximum absolute atomic E-state index is 3.70. The molecular formula is C13H28N2. The minimum absolute atomic E-state index is 0.372. The molecule has 1 rings (SSSR count). The summed E-state index contributed by atoms with van der Waals surface area (Å²) in [5.74, 6) is 0.797. The molecule has 2 unspecified atom stereocenters. The topological polar surface area (TPSA) is 15.3 Å². The van der Waals surface area contributed by atoms with E-state index in [2.05, 4.69) is 51.9 Å². The maximum atomic E-state index is 3.70. The van der Waals surface area contributed by atoms with Crippen molar-refractivity contribution in [2.75, 3.05) is 20.1 Å². The Balaban J connectivity index is 2.48. The Morgan fingerprint density at radius 3 is 2.33 bits per heavy atom. The molecule has 1 N–H and O–H groups in total. The summed E-state index contributed by atoms with van der Waals surface area (Å²) in [5, 5.41) is 3.70. The summed E-state index contributed by atoms with van der Waals surface area (Å²) in [6, 6.07) is 1.36. The van der Waals surface area contributed by atoms with E-state index in [1.54, 1.807) is 0 Å². The second-order valence-electron chi connectivity index (χ2n) is 6.55. The van der Waals surface area contributed by atoms with Crippen molar-refractivity contribution in [2.45, 2.75) is 53.1 Å². The minimum Gasteiger partial charge on any atom is -0.311 e. The Morgan fingerprint density at radius 1 is 1.33 bits per heavy atom. The van der Waals surface area contributed by atoms with Crippen LogP contribution in [0.4, 0.5) is 0 Å². The van der Waals surface area contributed by atoms with Crippen molar-refractivity contribution in [1.82, 2.24) is 10.2 Å². The molecule has 1 aliphatic rings. The van der Waals surface area contributed by atoms with E-state index >= 15 is 0 Å². The van der Waals surface area contributed by atoms with Crippen LogP contribution in [0.3, 0.4) is 0 Å². The molecule has 1 saturated heterocycles. The Bertz CT molecular complexity index is 193. The van der Waals surface area contributed by atoms with Crippen molar-refractivity contribution in [1.29, 1.82) is 0 Å². The largest absolute Gasteiger partial charge is 0.311 e. The van der Waals surface area contributed by atoms with Gasteiger partial charge in [0.1, 0.15) is 0 Å². The third-order valence-electron chi connectivity index (χ3n) is 3.48. The van der Waals surface area contributed by atoms with Crippen molar-refractivity contribution >= 4 is 0 Å². The first kappa shape index (κ1) is 13.0. The summed E-state index contributed by atoms with van der Waals surface area (Å²) < 4.78 is 0. The van der Waals surface area contributed by atoms with Crippen molar-refractivity contribution < 1.29 is 0 Å². The molecule has 90 valence electrons. The maximum Gasteiger partial charge on any atom is 0.0244 e. The molecular weight excluding hydrogens is 184 g/mol. The van der Waals surface area contributed by atoms with E-state index in [1.807, 2.05) is 0 Å². The summed E-state index contributed by atoms with van der Waals surface area (Å²) in [6.07, 6.45) is 1.31. The van der Waals surface area contributed by atoms with Crippen molar-refractivity contribution in [2.24, 2.45) is 11.3 Å². The highest BCUT2D eigenvalue weighted by Gasteiger charge is 2.32. The molecule has 0 aromatic heterocycles. The Hall–Kier alpha value is -0.0800. The summed E-state index contributed by atoms with van der Waals surface area (Å²) in [6.45, 7) is 13.9. The second kappa shape index (κ2) is 4.84. The van der Waals surface area contributed by atoms with Gasteiger partial charge in [-0.2, -0.15) is 0 Å². The summed E-state index contributed by atoms with van der Waals surface area (Å²) in [4.78, 5) is 2.53. The predicted molar refractivity (Wildman–Crippen MR) is 67.1 cm³/mol. The lowest BCUT2D eigenvalue weighted by atomic mass is 9.84. The zero-order valence-electron chi connectivity index (χ0n) is 11.3. The Labute approximate surface area is 95.4 Å². The molecule has 2 atom stereocenters. The normalized spacial score (nSPS) is 29.8. The smallest absolute Gasteiger partial charge is 0.0244 e. The number of rotatable bonds is 2. The molecule has 2 heteroatoms. The molecule has 15 heavy (non-hydrogen) atoms. The molecule has 1 heterocycles. The summed E-state index contributed by atoms with van der Waals surface area (Å²) >= 11 is 0. The van der Waals surface area contributed by atoms with Crippen molar-refractivity contribution in [3.8, 4) is 0 Å². The van der Waals surface area contributed by atoms with Gasteiger partial charge in [-0.1, -0.05) is 34.6 Å². The zero-order valence-corrected chi connectivity index (χ0v) is 11.3. The number of hydrogen-bond donors (Lipinski definition) is 1. The van der Waals surface area contributed by atoms with E-state index in [0.717, 1.165) is 18.5 Å². The van der Waals surface area contributed by atoms with Gasteiger partial charge in [0.25, 0.3) is 0 Å². The van der Waals surface area contributed by atoms with Gasteiger partial charge in [-0.05, 0) is 24.8 Å². The SMILES string of the molecule is CC(C)CC1CNC(C(C)(C)C)CN1C. The van der Waals surface area contributed by atoms with Crippen LogP contribution >= 0.6 is 0 Å². The lowest BCUT2D eigenvalue weighted by Crippen LogP contribution is -2.59. The van der Waals surface area contributed by atoms with E-state index in [4.69, 9.17) is 0 Å². The van der Waals surface area contributed by atoms with Gasteiger partial charge in [0.2, 0.25) is 0 Å². The highest BCUT2D eigenvalue weighted by molar-refractivity contribution is 4.90. The average Bonchev–Trinajstić information content (AvgIpc) is 2.05. The first-order valence-electron chi connectivity index (χ1n) is 6.24. The quantitative estimate of drug-likeness (QED) is 0.756. The molecule has 2 nitrogen and oxygen atoms in total. The summed E-state index contributed by atoms with van der Waals surface area (Å²) in [5.41, 5.74) is 0.372. The Morgan fingerprint density at radius 2 is 1.93 bits per heavy atom. The molecule has 0 spiro atoms. The van der Waals surface area contributed by atoms with Crippen LogP contribution in [0, 0.1) is 11.3 Å². The molecule has 0 bridgehead atoms. The van der Waals surface area contributed by atoms with Crippen LogP contribution in [-0.2, 0) is 0 Å². The zero-order chi connectivity index (χ0) is 11.6. The van der Waals surface area contributed by atoms with Crippen LogP contribution in [0.1, 0.15) is 41.0 Å². The molecule has 0 saturated carbocycles. The third-order valence-corrected chi connectivity index (χ3v) is 3.48. The number of nitrogens with zero attached hydrogens (tertiary/aromatic N) is 1. The summed E-state index contributed by atoms with van der Waals surface area (Å²) in [7, 11) is 2.27. The molecule has 0 radical (unpaired) electrons. The van der Waals surface area contributed by atoms with Crippen LogP contribution < -0.4 is 5.32 Å². The number of piperazine rings is 1. The fraction of sp³-hybridized carbons (Fsp3) is 1.00. The third kappa shape index (κ3) is 3.76. The van der Waals surface area contributed by atoms with Gasteiger partial charge in [0.15, 0.2) is 0 Å². The highest BCUT2D eigenvalue weighted by atomic mass is 15.2. The number of hydrogen-bond acceptors (Lipinski definition) is 2. The molecule has 0 aliphatic carbocycles. The Kier molecular flexibility index (Phi) is 4.19. The number of nitrogens with one attached hydrogen (secondary N) is 1. The second-order valence-corrected chi connectivity index (χ2v) is 6.55. The van der Waals surface area contributed by atoms with E-state index in [9.17, 15) is 0 Å². The fourth-order valence-electron chi connectivity index (χ4n) is 2.32. The van der Waals surface area contributed by atoms with Crippen LogP contribution in [0.15, 0.2) is 0 Å². The van der Waals surface area contributed by atoms with Gasteiger partial charge < -0.3 is 10.2 Å². The minimum atomic E-state index is 0.372. The van der Waals surface area contributed by atoms with Crippen LogP contribution in [0.25, 0.3) is 0 Å². The molecule has 1 fully saturated rings. The van der Waals surface area contributed by atoms with Gasteiger partial charge >= 0.3 is 0 Å². The monoisotopic (exact) mass is 212 g/mol. The van der Waals surface area contributed by atoms with Gasteiger partial charge in [0.05, 0.1) is 0 Å². The van der Waals surface area contributed by atoms with Crippen molar-refractivity contribution in [3.63, 3.8) is 0 Å². The van der Waals surface area contributed by atoms with Crippen molar-refractivity contribution in [3.05, 3.63) is 0 Å². The first-order chi connectivity index (χ1) is 6.80. The van der Waals surface area contributed by atoms with Gasteiger partial charge in [0, 0.05) is 25.2 Å². The van der Waals surface area contributed by atoms with Gasteiger partial charge in [-0.15, -0.1) is 0 Å². The standard InChI is InChI=1S/C13H28N2/c1-10(2)7-11-8-14-12(9-15(11)6)13(3,4)5/h10-12,14H,7-9H2,1-6H3. The van der Waals surface area contributed by atoms with E-state index in [1.165, 1.54) is 13.0 Å². The fourth-order valence-corrected chi connectivity index (χ4v) is 2.32. The lowest BCUT2D eigenvalue weighted by molar-refractivity contribution is 0.0973. The first-order valence-corrected chi connectivity index (χ1v) is 6.24. The van der Waals surface area contributed by atoms with E-state index in [-0.39, 0.29) is 0 Å². The highest BCUT2D eigenvalue weighted by Crippen LogP contribution is 2.24. The molecule has 0 aromatic rings. The van der Waals surface area contributed by atoms with Gasteiger partial charge in [-0.3, -0.25) is 0 Å². The van der Waals surface area contributed by atoms with Gasteiger partial charge in [-0.25, -0.2) is 0 Å². The predicted octanol–water partition coefficient (Wildman–Crippen LogP) is 2.35. The van der Waals surface area contributed by atoms with Crippen LogP contribution in [0.5, 0.6) is 0 Å². The van der Waals surface area contributed by atoms with E-state index < -0.39 is 0 Å². The van der Waals surface area contributed by atoms with E-state index in [0.29, 0.717) is 11.5 Å². The van der Waals surface area contributed by atoms with Crippen LogP contribution in [0.2, 0.25) is 0 Å². The lowest BCUT2D eigenvalue weighted by Gasteiger charge is -2.44. The molecule has 1 aliphatic heterocycles. The molecule has 0 amide bonds. The number of likely N-dealkylation sites (N-methyl/N-ethyl adjacent to an activating group) is 1. The average molecular weight is 212 g/mol.